The number of carboxylic acids is 1. The number of aliphatic carboxylic acids is 1. The Bertz CT molecular complexity index is 694. The molecule has 0 unspecified atom stereocenters. The van der Waals surface area contributed by atoms with E-state index in [1.165, 1.54) is 23.6 Å². The highest BCUT2D eigenvalue weighted by atomic mass is 32.1. The van der Waals surface area contributed by atoms with Crippen LogP contribution in [0.15, 0.2) is 30.6 Å². The van der Waals surface area contributed by atoms with Crippen LogP contribution >= 0.6 is 11.3 Å². The fourth-order valence-electron chi connectivity index (χ4n) is 1.63. The Morgan fingerprint density at radius 3 is 2.90 bits per heavy atom. The van der Waals surface area contributed by atoms with Crippen LogP contribution in [0.1, 0.15) is 25.9 Å². The van der Waals surface area contributed by atoms with Gasteiger partial charge in [-0.15, -0.1) is 11.3 Å². The first-order valence-corrected chi connectivity index (χ1v) is 6.93. The van der Waals surface area contributed by atoms with Gasteiger partial charge in [-0.1, -0.05) is 6.07 Å². The molecule has 0 saturated heterocycles. The Morgan fingerprint density at radius 1 is 1.43 bits per heavy atom. The average molecular weight is 303 g/mol. The van der Waals surface area contributed by atoms with Crippen molar-refractivity contribution in [3.8, 4) is 0 Å². The first kappa shape index (κ1) is 14.9. The molecule has 0 saturated carbocycles. The number of amides is 1. The maximum atomic E-state index is 12.1. The number of carbonyl (C=O) groups excluding carboxylic acids is 1. The SMILES string of the molecule is Cc1cnc(CNC(=O)c2ncccc2/C=C/C(=O)O)s1. The maximum absolute atomic E-state index is 12.1. The summed E-state index contributed by atoms with van der Waals surface area (Å²) in [5.41, 5.74) is 0.635. The molecule has 0 aliphatic rings. The number of carboxylic acid groups (broad SMARTS) is 1. The minimum Gasteiger partial charge on any atom is -0.478 e. The van der Waals surface area contributed by atoms with E-state index in [-0.39, 0.29) is 11.6 Å². The standard InChI is InChI=1S/C14H13N3O3S/c1-9-7-16-11(21-9)8-17-14(20)13-10(3-2-6-15-13)4-5-12(18)19/h2-7H,8H2,1H3,(H,17,20)(H,18,19)/b5-4+. The van der Waals surface area contributed by atoms with E-state index in [4.69, 9.17) is 5.11 Å². The highest BCUT2D eigenvalue weighted by Gasteiger charge is 2.11. The molecule has 0 spiro atoms. The molecule has 2 rings (SSSR count). The zero-order valence-electron chi connectivity index (χ0n) is 11.2. The van der Waals surface area contributed by atoms with E-state index >= 15 is 0 Å². The second kappa shape index (κ2) is 6.76. The number of rotatable bonds is 5. The van der Waals surface area contributed by atoms with Crippen LogP contribution in [0.4, 0.5) is 0 Å². The number of nitrogens with one attached hydrogen (secondary N) is 1. The monoisotopic (exact) mass is 303 g/mol. The molecule has 0 fully saturated rings. The van der Waals surface area contributed by atoms with Crippen molar-refractivity contribution in [2.45, 2.75) is 13.5 Å². The minimum absolute atomic E-state index is 0.184. The lowest BCUT2D eigenvalue weighted by molar-refractivity contribution is -0.131. The third kappa shape index (κ3) is 4.22. The number of aryl methyl sites for hydroxylation is 1. The quantitative estimate of drug-likeness (QED) is 0.823. The molecule has 0 aliphatic heterocycles. The van der Waals surface area contributed by atoms with Gasteiger partial charge < -0.3 is 10.4 Å². The number of aromatic nitrogens is 2. The Kier molecular flexibility index (Phi) is 4.78. The van der Waals surface area contributed by atoms with Crippen LogP contribution in [0.5, 0.6) is 0 Å². The van der Waals surface area contributed by atoms with Crippen molar-refractivity contribution in [1.82, 2.24) is 15.3 Å². The summed E-state index contributed by atoms with van der Waals surface area (Å²) in [5.74, 6) is -1.45. The molecule has 108 valence electrons. The van der Waals surface area contributed by atoms with Crippen molar-refractivity contribution < 1.29 is 14.7 Å². The van der Waals surface area contributed by atoms with E-state index in [1.807, 2.05) is 6.92 Å². The number of hydrogen-bond acceptors (Lipinski definition) is 5. The third-order valence-corrected chi connectivity index (χ3v) is 3.44. The molecule has 0 radical (unpaired) electrons. The summed E-state index contributed by atoms with van der Waals surface area (Å²) in [7, 11) is 0. The molecule has 2 N–H and O–H groups in total. The van der Waals surface area contributed by atoms with Gasteiger partial charge in [-0.3, -0.25) is 9.78 Å². The lowest BCUT2D eigenvalue weighted by Crippen LogP contribution is -2.24. The zero-order valence-corrected chi connectivity index (χ0v) is 12.1. The predicted octanol–water partition coefficient (Wildman–Crippen LogP) is 1.87. The molecule has 0 atom stereocenters. The van der Waals surface area contributed by atoms with E-state index in [9.17, 15) is 9.59 Å². The molecule has 2 aromatic rings. The summed E-state index contributed by atoms with van der Waals surface area (Å²) in [5, 5.41) is 12.2. The molecule has 2 aromatic heterocycles. The molecule has 21 heavy (non-hydrogen) atoms. The van der Waals surface area contributed by atoms with Crippen LogP contribution in [0.25, 0.3) is 6.08 Å². The minimum atomic E-state index is -1.08. The number of hydrogen-bond donors (Lipinski definition) is 2. The lowest BCUT2D eigenvalue weighted by atomic mass is 10.1. The first-order chi connectivity index (χ1) is 10.1. The largest absolute Gasteiger partial charge is 0.478 e. The van der Waals surface area contributed by atoms with E-state index in [2.05, 4.69) is 15.3 Å². The second-order valence-corrected chi connectivity index (χ2v) is 5.48. The molecule has 2 heterocycles. The summed E-state index contributed by atoms with van der Waals surface area (Å²) in [6.45, 7) is 2.26. The van der Waals surface area contributed by atoms with Crippen molar-refractivity contribution in [2.24, 2.45) is 0 Å². The second-order valence-electron chi connectivity index (χ2n) is 4.16. The number of carbonyl (C=O) groups is 2. The molecule has 7 heteroatoms. The summed E-state index contributed by atoms with van der Waals surface area (Å²) >= 11 is 1.51. The van der Waals surface area contributed by atoms with Gasteiger partial charge in [0.25, 0.3) is 5.91 Å². The number of thiazole rings is 1. The maximum Gasteiger partial charge on any atom is 0.328 e. The molecule has 1 amide bonds. The van der Waals surface area contributed by atoms with Crippen molar-refractivity contribution in [1.29, 1.82) is 0 Å². The number of nitrogens with zero attached hydrogens (tertiary/aromatic N) is 2. The Labute approximate surface area is 125 Å². The smallest absolute Gasteiger partial charge is 0.328 e. The zero-order chi connectivity index (χ0) is 15.2. The normalized spacial score (nSPS) is 10.7. The van der Waals surface area contributed by atoms with Crippen molar-refractivity contribution in [3.63, 3.8) is 0 Å². The van der Waals surface area contributed by atoms with Gasteiger partial charge in [-0.2, -0.15) is 0 Å². The number of pyridine rings is 1. The van der Waals surface area contributed by atoms with Gasteiger partial charge in [0, 0.05) is 28.9 Å². The van der Waals surface area contributed by atoms with Gasteiger partial charge in [0.1, 0.15) is 10.7 Å². The first-order valence-electron chi connectivity index (χ1n) is 6.12. The van der Waals surface area contributed by atoms with E-state index in [0.717, 1.165) is 16.0 Å². The molecule has 6 nitrogen and oxygen atoms in total. The highest BCUT2D eigenvalue weighted by molar-refractivity contribution is 7.11. The van der Waals surface area contributed by atoms with Gasteiger partial charge in [0.05, 0.1) is 6.54 Å². The summed E-state index contributed by atoms with van der Waals surface area (Å²) < 4.78 is 0. The topological polar surface area (TPSA) is 92.2 Å². The fourth-order valence-corrected chi connectivity index (χ4v) is 2.35. The van der Waals surface area contributed by atoms with Crippen LogP contribution in [0.3, 0.4) is 0 Å². The van der Waals surface area contributed by atoms with Gasteiger partial charge >= 0.3 is 5.97 Å². The predicted molar refractivity (Wildman–Crippen MR) is 78.9 cm³/mol. The van der Waals surface area contributed by atoms with Crippen LogP contribution in [-0.2, 0) is 11.3 Å². The van der Waals surface area contributed by atoms with Gasteiger partial charge in [0.2, 0.25) is 0 Å². The highest BCUT2D eigenvalue weighted by Crippen LogP contribution is 2.12. The fraction of sp³-hybridized carbons (Fsp3) is 0.143. The Hall–Kier alpha value is -2.54. The van der Waals surface area contributed by atoms with Crippen molar-refractivity contribution >= 4 is 29.3 Å². The van der Waals surface area contributed by atoms with Crippen LogP contribution in [0.2, 0.25) is 0 Å². The van der Waals surface area contributed by atoms with Gasteiger partial charge in [-0.25, -0.2) is 9.78 Å². The van der Waals surface area contributed by atoms with Gasteiger partial charge in [-0.05, 0) is 19.1 Å². The van der Waals surface area contributed by atoms with Crippen molar-refractivity contribution in [2.75, 3.05) is 0 Å². The average Bonchev–Trinajstić information content (AvgIpc) is 2.88. The van der Waals surface area contributed by atoms with Gasteiger partial charge in [0.15, 0.2) is 0 Å². The van der Waals surface area contributed by atoms with Crippen LogP contribution < -0.4 is 5.32 Å². The van der Waals surface area contributed by atoms with Crippen LogP contribution in [-0.4, -0.2) is 27.0 Å². The molecule has 0 aliphatic carbocycles. The summed E-state index contributed by atoms with van der Waals surface area (Å²) in [4.78, 5) is 31.9. The van der Waals surface area contributed by atoms with Crippen molar-refractivity contribution in [3.05, 3.63) is 51.7 Å². The molecule has 0 bridgehead atoms. The summed E-state index contributed by atoms with van der Waals surface area (Å²) in [6, 6.07) is 3.28. The Balaban J connectivity index is 2.10. The van der Waals surface area contributed by atoms with E-state index < -0.39 is 5.97 Å². The molecular formula is C14H13N3O3S. The van der Waals surface area contributed by atoms with Crippen LogP contribution in [0, 0.1) is 6.92 Å². The molecule has 0 aromatic carbocycles. The third-order valence-electron chi connectivity index (χ3n) is 2.53. The molecular weight excluding hydrogens is 290 g/mol. The Morgan fingerprint density at radius 2 is 2.24 bits per heavy atom. The summed E-state index contributed by atoms with van der Waals surface area (Å²) in [6.07, 6.45) is 5.55. The van der Waals surface area contributed by atoms with E-state index in [1.54, 1.807) is 18.3 Å². The van der Waals surface area contributed by atoms with E-state index in [0.29, 0.717) is 12.1 Å². The lowest BCUT2D eigenvalue weighted by Gasteiger charge is -2.05.